The summed E-state index contributed by atoms with van der Waals surface area (Å²) in [6.07, 6.45) is 2.13. The van der Waals surface area contributed by atoms with Crippen molar-refractivity contribution in [3.8, 4) is 11.5 Å². The lowest BCUT2D eigenvalue weighted by atomic mass is 10.2. The number of carbonyl (C=O) groups excluding carboxylic acids is 1. The lowest BCUT2D eigenvalue weighted by molar-refractivity contribution is -0.134. The molecule has 0 saturated carbocycles. The van der Waals surface area contributed by atoms with Crippen LogP contribution in [0.1, 0.15) is 32.8 Å². The SMILES string of the molecule is C=Cc1cc(OC(=O)CC)ccc1OC(C)C. The Labute approximate surface area is 102 Å². The quantitative estimate of drug-likeness (QED) is 0.578. The van der Waals surface area contributed by atoms with E-state index in [2.05, 4.69) is 6.58 Å². The molecule has 0 aliphatic rings. The molecule has 0 N–H and O–H groups in total. The van der Waals surface area contributed by atoms with Gasteiger partial charge in [-0.05, 0) is 32.0 Å². The second-order valence-corrected chi connectivity index (χ2v) is 3.90. The standard InChI is InChI=1S/C14H18O3/c1-5-11-9-12(17-14(15)6-2)7-8-13(11)16-10(3)4/h5,7-10H,1,6H2,2-4H3. The minimum atomic E-state index is -0.252. The van der Waals surface area contributed by atoms with Crippen molar-refractivity contribution in [3.05, 3.63) is 30.3 Å². The predicted octanol–water partition coefficient (Wildman–Crippen LogP) is 3.43. The summed E-state index contributed by atoms with van der Waals surface area (Å²) in [6, 6.07) is 5.26. The van der Waals surface area contributed by atoms with Gasteiger partial charge in [0.2, 0.25) is 0 Å². The van der Waals surface area contributed by atoms with Gasteiger partial charge < -0.3 is 9.47 Å². The van der Waals surface area contributed by atoms with Crippen LogP contribution in [0.2, 0.25) is 0 Å². The number of hydrogen-bond donors (Lipinski definition) is 0. The van der Waals surface area contributed by atoms with Crippen LogP contribution in [-0.4, -0.2) is 12.1 Å². The Morgan fingerprint density at radius 1 is 1.47 bits per heavy atom. The Morgan fingerprint density at radius 3 is 2.71 bits per heavy atom. The molecular formula is C14H18O3. The van der Waals surface area contributed by atoms with Crippen molar-refractivity contribution >= 4 is 12.0 Å². The van der Waals surface area contributed by atoms with Gasteiger partial charge in [0.05, 0.1) is 6.10 Å². The highest BCUT2D eigenvalue weighted by Gasteiger charge is 2.07. The molecule has 0 saturated heterocycles. The molecule has 0 aromatic heterocycles. The molecule has 0 unspecified atom stereocenters. The molecule has 17 heavy (non-hydrogen) atoms. The second-order valence-electron chi connectivity index (χ2n) is 3.90. The third-order valence-corrected chi connectivity index (χ3v) is 2.08. The molecule has 3 heteroatoms. The van der Waals surface area contributed by atoms with Crippen LogP contribution in [0.15, 0.2) is 24.8 Å². The highest BCUT2D eigenvalue weighted by molar-refractivity contribution is 5.72. The molecule has 3 nitrogen and oxygen atoms in total. The number of carbonyl (C=O) groups is 1. The van der Waals surface area contributed by atoms with Gasteiger partial charge in [-0.15, -0.1) is 0 Å². The van der Waals surface area contributed by atoms with Crippen LogP contribution in [0.25, 0.3) is 6.08 Å². The molecule has 0 amide bonds. The fourth-order valence-electron chi connectivity index (χ4n) is 1.31. The van der Waals surface area contributed by atoms with Crippen molar-refractivity contribution in [1.29, 1.82) is 0 Å². The summed E-state index contributed by atoms with van der Waals surface area (Å²) in [4.78, 5) is 11.2. The summed E-state index contributed by atoms with van der Waals surface area (Å²) in [5, 5.41) is 0. The van der Waals surface area contributed by atoms with E-state index in [1.54, 1.807) is 31.2 Å². The molecule has 0 heterocycles. The van der Waals surface area contributed by atoms with Crippen LogP contribution in [0.5, 0.6) is 11.5 Å². The molecule has 0 radical (unpaired) electrons. The van der Waals surface area contributed by atoms with Gasteiger partial charge in [-0.1, -0.05) is 19.6 Å². The van der Waals surface area contributed by atoms with E-state index in [4.69, 9.17) is 9.47 Å². The van der Waals surface area contributed by atoms with E-state index in [-0.39, 0.29) is 12.1 Å². The summed E-state index contributed by atoms with van der Waals surface area (Å²) in [5.74, 6) is 1.01. The van der Waals surface area contributed by atoms with E-state index in [1.807, 2.05) is 13.8 Å². The normalized spacial score (nSPS) is 10.1. The number of rotatable bonds is 5. The van der Waals surface area contributed by atoms with Crippen LogP contribution < -0.4 is 9.47 Å². The van der Waals surface area contributed by atoms with E-state index < -0.39 is 0 Å². The van der Waals surface area contributed by atoms with Crippen LogP contribution in [-0.2, 0) is 4.79 Å². The van der Waals surface area contributed by atoms with Gasteiger partial charge in [0.1, 0.15) is 11.5 Å². The molecule has 0 bridgehead atoms. The van der Waals surface area contributed by atoms with Crippen molar-refractivity contribution in [1.82, 2.24) is 0 Å². The first-order valence-corrected chi connectivity index (χ1v) is 5.70. The van der Waals surface area contributed by atoms with Crippen molar-refractivity contribution in [3.63, 3.8) is 0 Å². The summed E-state index contributed by atoms with van der Waals surface area (Å²) >= 11 is 0. The first kappa shape index (κ1) is 13.3. The summed E-state index contributed by atoms with van der Waals surface area (Å²) in [5.41, 5.74) is 0.820. The summed E-state index contributed by atoms with van der Waals surface area (Å²) < 4.78 is 10.7. The third-order valence-electron chi connectivity index (χ3n) is 2.08. The average Bonchev–Trinajstić information content (AvgIpc) is 2.30. The largest absolute Gasteiger partial charge is 0.490 e. The van der Waals surface area contributed by atoms with Crippen LogP contribution in [0.3, 0.4) is 0 Å². The minimum Gasteiger partial charge on any atom is -0.490 e. The number of ether oxygens (including phenoxy) is 2. The average molecular weight is 234 g/mol. The highest BCUT2D eigenvalue weighted by Crippen LogP contribution is 2.26. The van der Waals surface area contributed by atoms with Crippen LogP contribution >= 0.6 is 0 Å². The lowest BCUT2D eigenvalue weighted by Crippen LogP contribution is -2.08. The molecule has 0 aliphatic carbocycles. The minimum absolute atomic E-state index is 0.0951. The van der Waals surface area contributed by atoms with Gasteiger partial charge in [0, 0.05) is 12.0 Å². The topological polar surface area (TPSA) is 35.5 Å². The number of benzene rings is 1. The zero-order valence-corrected chi connectivity index (χ0v) is 10.5. The van der Waals surface area contributed by atoms with Crippen molar-refractivity contribution in [2.24, 2.45) is 0 Å². The van der Waals surface area contributed by atoms with Gasteiger partial charge in [-0.3, -0.25) is 4.79 Å². The summed E-state index contributed by atoms with van der Waals surface area (Å²) in [6.45, 7) is 9.39. The van der Waals surface area contributed by atoms with Gasteiger partial charge >= 0.3 is 5.97 Å². The Kier molecular flexibility index (Phi) is 4.76. The first-order valence-electron chi connectivity index (χ1n) is 5.70. The molecule has 1 aromatic carbocycles. The van der Waals surface area contributed by atoms with Gasteiger partial charge in [0.15, 0.2) is 0 Å². The first-order chi connectivity index (χ1) is 8.06. The molecule has 1 rings (SSSR count). The van der Waals surface area contributed by atoms with E-state index in [0.29, 0.717) is 12.2 Å². The maximum Gasteiger partial charge on any atom is 0.310 e. The zero-order chi connectivity index (χ0) is 12.8. The van der Waals surface area contributed by atoms with Crippen molar-refractivity contribution < 1.29 is 14.3 Å². The van der Waals surface area contributed by atoms with E-state index in [9.17, 15) is 4.79 Å². The fraction of sp³-hybridized carbons (Fsp3) is 0.357. The molecule has 0 aliphatic heterocycles. The fourth-order valence-corrected chi connectivity index (χ4v) is 1.31. The Bertz CT molecular complexity index is 408. The van der Waals surface area contributed by atoms with E-state index >= 15 is 0 Å². The van der Waals surface area contributed by atoms with Crippen molar-refractivity contribution in [2.75, 3.05) is 0 Å². The monoisotopic (exact) mass is 234 g/mol. The Balaban J connectivity index is 2.92. The molecule has 92 valence electrons. The Morgan fingerprint density at radius 2 is 2.18 bits per heavy atom. The maximum absolute atomic E-state index is 11.2. The molecule has 1 aromatic rings. The maximum atomic E-state index is 11.2. The zero-order valence-electron chi connectivity index (χ0n) is 10.5. The molecular weight excluding hydrogens is 216 g/mol. The molecule has 0 atom stereocenters. The molecule has 0 fully saturated rings. The van der Waals surface area contributed by atoms with Crippen LogP contribution in [0.4, 0.5) is 0 Å². The van der Waals surface area contributed by atoms with Crippen LogP contribution in [0, 0.1) is 0 Å². The lowest BCUT2D eigenvalue weighted by Gasteiger charge is -2.13. The van der Waals surface area contributed by atoms with Gasteiger partial charge in [-0.2, -0.15) is 0 Å². The van der Waals surface area contributed by atoms with E-state index in [0.717, 1.165) is 11.3 Å². The molecule has 0 spiro atoms. The Hall–Kier alpha value is -1.77. The second kappa shape index (κ2) is 6.09. The summed E-state index contributed by atoms with van der Waals surface area (Å²) in [7, 11) is 0. The van der Waals surface area contributed by atoms with Gasteiger partial charge in [-0.25, -0.2) is 0 Å². The van der Waals surface area contributed by atoms with Gasteiger partial charge in [0.25, 0.3) is 0 Å². The number of hydrogen-bond acceptors (Lipinski definition) is 3. The van der Waals surface area contributed by atoms with E-state index in [1.165, 1.54) is 0 Å². The third kappa shape index (κ3) is 3.94. The highest BCUT2D eigenvalue weighted by atomic mass is 16.5. The smallest absolute Gasteiger partial charge is 0.310 e. The number of esters is 1. The predicted molar refractivity (Wildman–Crippen MR) is 68.2 cm³/mol. The van der Waals surface area contributed by atoms with Crippen molar-refractivity contribution in [2.45, 2.75) is 33.3 Å².